The van der Waals surface area contributed by atoms with Crippen molar-refractivity contribution >= 4 is 57.8 Å². The third-order valence-corrected chi connectivity index (χ3v) is 26.6. The largest absolute Gasteiger partial charge is 0.455 e. The first-order chi connectivity index (χ1) is 27.6. The van der Waals surface area contributed by atoms with Crippen LogP contribution < -0.4 is 5.32 Å². The molecular formula is C49H87NO6S2Si2. The number of amides is 1. The van der Waals surface area contributed by atoms with Crippen molar-refractivity contribution in [3.8, 4) is 0 Å². The van der Waals surface area contributed by atoms with Crippen molar-refractivity contribution < 1.29 is 28.0 Å². The van der Waals surface area contributed by atoms with Gasteiger partial charge in [0.25, 0.3) is 0 Å². The molecule has 1 N–H and O–H groups in total. The Labute approximate surface area is 378 Å². The van der Waals surface area contributed by atoms with Crippen molar-refractivity contribution in [3.63, 3.8) is 0 Å². The van der Waals surface area contributed by atoms with E-state index in [0.717, 1.165) is 43.6 Å². The van der Waals surface area contributed by atoms with E-state index in [-0.39, 0.29) is 80.2 Å². The maximum absolute atomic E-state index is 14.1. The molecule has 11 heteroatoms. The molecule has 1 saturated heterocycles. The number of allylic oxidation sites excluding steroid dienone is 3. The van der Waals surface area contributed by atoms with Crippen LogP contribution in [0.1, 0.15) is 141 Å². The Morgan fingerprint density at radius 2 is 1.57 bits per heavy atom. The van der Waals surface area contributed by atoms with E-state index in [1.54, 1.807) is 0 Å². The number of ether oxygens (including phenoxy) is 1. The van der Waals surface area contributed by atoms with Gasteiger partial charge in [-0.1, -0.05) is 100 Å². The highest BCUT2D eigenvalue weighted by Gasteiger charge is 2.48. The standard InChI is InChI=1S/C49H87NO6S2Si2/c1-19-21-36(4)43(55-59(15,16)47(9,10)11)27-23-34(2)22-25-41-26-24-35(3)42(51)33-44(52)50-39(7)28-29-49(57-30-20-31-58-49)40(8)45(56-60(17,18)48(12,13)14)37(5)32-38(6)46(53)54-41/h19,21-22,25,32,34-35,37,39-41,43,45H,1,20,23-24,26-31,33H2,2-18H3,(H,50,52)/b25-22+,36-21+,38-32+/t34-,35+,37?,39-,40-,41+,43-,45+/m1/s1. The fraction of sp³-hybridized carbons (Fsp3) is 0.776. The van der Waals surface area contributed by atoms with Crippen LogP contribution in [0, 0.1) is 23.7 Å². The number of rotatable bonds is 11. The van der Waals surface area contributed by atoms with Gasteiger partial charge in [0.15, 0.2) is 16.6 Å². The Hall–Kier alpha value is -1.38. The lowest BCUT2D eigenvalue weighted by Gasteiger charge is -2.49. The van der Waals surface area contributed by atoms with Gasteiger partial charge in [0, 0.05) is 29.4 Å². The second-order valence-corrected chi connectivity index (χ2v) is 33.8. The van der Waals surface area contributed by atoms with E-state index in [0.29, 0.717) is 18.4 Å². The highest BCUT2D eigenvalue weighted by Crippen LogP contribution is 2.54. The van der Waals surface area contributed by atoms with Gasteiger partial charge in [-0.05, 0) is 131 Å². The number of Topliss-reactive ketones (excluding diaryl/α,β-unsaturated/α-hetero) is 1. The molecule has 2 aliphatic rings. The molecule has 0 radical (unpaired) electrons. The summed E-state index contributed by atoms with van der Waals surface area (Å²) in [7, 11) is -4.24. The van der Waals surface area contributed by atoms with Gasteiger partial charge in [-0.2, -0.15) is 0 Å². The number of hydrogen-bond acceptors (Lipinski definition) is 8. The second-order valence-electron chi connectivity index (χ2n) is 21.2. The van der Waals surface area contributed by atoms with Crippen molar-refractivity contribution in [2.45, 2.75) is 206 Å². The normalized spacial score (nSPS) is 28.8. The summed E-state index contributed by atoms with van der Waals surface area (Å²) in [4.78, 5) is 40.7. The molecule has 2 aliphatic heterocycles. The number of carbonyl (C=O) groups is 3. The van der Waals surface area contributed by atoms with E-state index in [2.05, 4.69) is 132 Å². The predicted molar refractivity (Wildman–Crippen MR) is 265 cm³/mol. The molecule has 1 spiro atoms. The highest BCUT2D eigenvalue weighted by molar-refractivity contribution is 8.18. The monoisotopic (exact) mass is 906 g/mol. The first kappa shape index (κ1) is 54.8. The summed E-state index contributed by atoms with van der Waals surface area (Å²) >= 11 is 4.07. The van der Waals surface area contributed by atoms with Gasteiger partial charge in [0.05, 0.1) is 22.7 Å². The number of carbonyl (C=O) groups excluding carboxylic acids is 3. The van der Waals surface area contributed by atoms with Crippen LogP contribution in [-0.4, -0.2) is 74.2 Å². The Morgan fingerprint density at radius 3 is 2.13 bits per heavy atom. The van der Waals surface area contributed by atoms with Gasteiger partial charge in [0.2, 0.25) is 5.91 Å². The lowest BCUT2D eigenvalue weighted by molar-refractivity contribution is -0.142. The SMILES string of the molecule is C=C/C=C(\C)[C@@H](CC[C@H](C)/C=C/[C@H]1CC[C@H](C)C(=O)CC(=O)N[C@H](C)CCC2(SCCCS2)[C@H](C)[C@@H](O[Si](C)(C)C(C)(C)C)C(C)/C=C(\C)C(=O)O1)O[Si](C)(C)C(C)(C)C. The Balaban J connectivity index is 2.53. The molecule has 0 aromatic rings. The summed E-state index contributed by atoms with van der Waals surface area (Å²) in [6.07, 6.45) is 14.9. The van der Waals surface area contributed by atoms with Crippen LogP contribution in [-0.2, 0) is 28.0 Å². The van der Waals surface area contributed by atoms with Crippen LogP contribution in [0.25, 0.3) is 0 Å². The number of cyclic esters (lactones) is 1. The van der Waals surface area contributed by atoms with E-state index in [1.165, 1.54) is 5.57 Å². The Kier molecular flexibility index (Phi) is 21.5. The lowest BCUT2D eigenvalue weighted by Crippen LogP contribution is -2.51. The summed E-state index contributed by atoms with van der Waals surface area (Å²) < 4.78 is 20.5. The fourth-order valence-electron chi connectivity index (χ4n) is 7.39. The molecule has 1 fully saturated rings. The predicted octanol–water partition coefficient (Wildman–Crippen LogP) is 13.2. The molecule has 0 aromatic heterocycles. The molecule has 1 unspecified atom stereocenters. The lowest BCUT2D eigenvalue weighted by atomic mass is 9.87. The van der Waals surface area contributed by atoms with Gasteiger partial charge in [-0.3, -0.25) is 9.59 Å². The average Bonchev–Trinajstić information content (AvgIpc) is 3.14. The summed E-state index contributed by atoms with van der Waals surface area (Å²) in [5.41, 5.74) is 1.75. The molecule has 0 saturated carbocycles. The van der Waals surface area contributed by atoms with Crippen molar-refractivity contribution in [3.05, 3.63) is 48.1 Å². The summed E-state index contributed by atoms with van der Waals surface area (Å²) in [5.74, 6) is 1.46. The minimum Gasteiger partial charge on any atom is -0.455 e. The zero-order chi connectivity index (χ0) is 45.9. The summed E-state index contributed by atoms with van der Waals surface area (Å²) in [6.45, 7) is 41.5. The van der Waals surface area contributed by atoms with E-state index < -0.39 is 22.7 Å². The first-order valence-corrected chi connectivity index (χ1v) is 30.7. The molecule has 8 atom stereocenters. The molecule has 60 heavy (non-hydrogen) atoms. The molecule has 344 valence electrons. The van der Waals surface area contributed by atoms with Crippen molar-refractivity contribution in [1.29, 1.82) is 0 Å². The third kappa shape index (κ3) is 16.6. The topological polar surface area (TPSA) is 90.9 Å². The smallest absolute Gasteiger partial charge is 0.333 e. The van der Waals surface area contributed by atoms with E-state index >= 15 is 0 Å². The number of thioether (sulfide) groups is 2. The van der Waals surface area contributed by atoms with Crippen LogP contribution in [0.2, 0.25) is 36.3 Å². The molecule has 0 aliphatic carbocycles. The minimum absolute atomic E-state index is 0.00262. The van der Waals surface area contributed by atoms with Crippen LogP contribution in [0.15, 0.2) is 48.1 Å². The van der Waals surface area contributed by atoms with Crippen molar-refractivity contribution in [2.24, 2.45) is 23.7 Å². The van der Waals surface area contributed by atoms with Gasteiger partial charge in [0.1, 0.15) is 11.9 Å². The zero-order valence-electron chi connectivity index (χ0n) is 41.0. The number of hydrogen-bond donors (Lipinski definition) is 1. The van der Waals surface area contributed by atoms with Crippen LogP contribution in [0.3, 0.4) is 0 Å². The van der Waals surface area contributed by atoms with Crippen LogP contribution in [0.5, 0.6) is 0 Å². The minimum atomic E-state index is -2.23. The number of ketones is 1. The quantitative estimate of drug-likeness (QED) is 0.0721. The first-order valence-electron chi connectivity index (χ1n) is 22.9. The van der Waals surface area contributed by atoms with Gasteiger partial charge < -0.3 is 18.9 Å². The Bertz CT molecular complexity index is 1520. The molecule has 2 rings (SSSR count). The summed E-state index contributed by atoms with van der Waals surface area (Å²) in [6, 6.07) is -0.0624. The zero-order valence-corrected chi connectivity index (χ0v) is 44.7. The van der Waals surface area contributed by atoms with E-state index in [4.69, 9.17) is 13.6 Å². The highest BCUT2D eigenvalue weighted by atomic mass is 32.2. The van der Waals surface area contributed by atoms with Gasteiger partial charge in [-0.25, -0.2) is 4.79 Å². The van der Waals surface area contributed by atoms with Crippen molar-refractivity contribution in [1.82, 2.24) is 5.32 Å². The third-order valence-electron chi connectivity index (χ3n) is 13.8. The second kappa shape index (κ2) is 23.5. The van der Waals surface area contributed by atoms with E-state index in [1.807, 2.05) is 49.5 Å². The maximum atomic E-state index is 14.1. The summed E-state index contributed by atoms with van der Waals surface area (Å²) in [5, 5.41) is 3.26. The maximum Gasteiger partial charge on any atom is 0.333 e. The van der Waals surface area contributed by atoms with Gasteiger partial charge in [-0.15, -0.1) is 23.5 Å². The fourth-order valence-corrected chi connectivity index (χ4v) is 13.8. The molecule has 0 aromatic carbocycles. The molecule has 7 nitrogen and oxygen atoms in total. The molecule has 1 amide bonds. The van der Waals surface area contributed by atoms with Crippen LogP contribution >= 0.6 is 23.5 Å². The molecule has 2 heterocycles. The number of nitrogens with one attached hydrogen (secondary N) is 1. The molecule has 0 bridgehead atoms. The average molecular weight is 907 g/mol. The molecular weight excluding hydrogens is 819 g/mol. The number of esters is 1. The van der Waals surface area contributed by atoms with Crippen LogP contribution in [0.4, 0.5) is 0 Å². The Morgan fingerprint density at radius 1 is 0.967 bits per heavy atom. The van der Waals surface area contributed by atoms with E-state index in [9.17, 15) is 14.4 Å². The van der Waals surface area contributed by atoms with Gasteiger partial charge >= 0.3 is 5.97 Å². The van der Waals surface area contributed by atoms with Crippen molar-refractivity contribution in [2.75, 3.05) is 11.5 Å².